The monoisotopic (exact) mass is 221 g/mol. The van der Waals surface area contributed by atoms with Gasteiger partial charge in [-0.3, -0.25) is 0 Å². The number of aliphatic hydroxyl groups excluding tert-OH is 1. The average molecular weight is 221 g/mol. The molecule has 0 spiro atoms. The molecule has 1 heterocycles. The van der Waals surface area contributed by atoms with Gasteiger partial charge < -0.3 is 15.8 Å². The van der Waals surface area contributed by atoms with Crippen molar-refractivity contribution in [1.29, 1.82) is 0 Å². The highest BCUT2D eigenvalue weighted by atomic mass is 19.1. The molecule has 84 valence electrons. The Balaban J connectivity index is 2.31. The molecule has 0 bridgehead atoms. The van der Waals surface area contributed by atoms with Gasteiger partial charge in [0.05, 0.1) is 24.5 Å². The van der Waals surface area contributed by atoms with E-state index < -0.39 is 6.04 Å². The van der Waals surface area contributed by atoms with Crippen LogP contribution in [0.4, 0.5) is 4.39 Å². The van der Waals surface area contributed by atoms with Gasteiger partial charge >= 0.3 is 0 Å². The van der Waals surface area contributed by atoms with Crippen LogP contribution in [0.15, 0.2) is 30.5 Å². The normalized spacial score (nSPS) is 12.7. The molecule has 5 heteroatoms. The Morgan fingerprint density at radius 1 is 1.50 bits per heavy atom. The second-order valence-corrected chi connectivity index (χ2v) is 3.48. The maximum absolute atomic E-state index is 13.0. The van der Waals surface area contributed by atoms with Crippen LogP contribution in [-0.4, -0.2) is 21.7 Å². The van der Waals surface area contributed by atoms with Crippen LogP contribution in [0.5, 0.6) is 0 Å². The van der Waals surface area contributed by atoms with E-state index >= 15 is 0 Å². The highest BCUT2D eigenvalue weighted by Crippen LogP contribution is 2.19. The van der Waals surface area contributed by atoms with Gasteiger partial charge in [-0.15, -0.1) is 0 Å². The molecular formula is C11H12FN3O. The van der Waals surface area contributed by atoms with Gasteiger partial charge in [-0.25, -0.2) is 9.37 Å². The molecule has 1 unspecified atom stereocenters. The van der Waals surface area contributed by atoms with Crippen molar-refractivity contribution in [3.05, 3.63) is 42.1 Å². The Bertz CT molecular complexity index is 484. The van der Waals surface area contributed by atoms with Crippen LogP contribution in [0.25, 0.3) is 11.3 Å². The highest BCUT2D eigenvalue weighted by molar-refractivity contribution is 5.58. The van der Waals surface area contributed by atoms with E-state index in [1.165, 1.54) is 12.1 Å². The standard InChI is InChI=1S/C11H12FN3O/c12-8-3-1-2-7(4-8)10-5-14-11(15-10)9(13)6-16/h1-5,9,16H,6,13H2,(H,14,15). The molecule has 2 aromatic rings. The fraction of sp³-hybridized carbons (Fsp3) is 0.182. The molecule has 0 aliphatic rings. The van der Waals surface area contributed by atoms with Crippen molar-refractivity contribution in [2.24, 2.45) is 5.73 Å². The molecule has 0 saturated heterocycles. The Labute approximate surface area is 91.9 Å². The predicted octanol–water partition coefficient (Wildman–Crippen LogP) is 1.21. The van der Waals surface area contributed by atoms with E-state index in [-0.39, 0.29) is 12.4 Å². The molecule has 0 aliphatic heterocycles. The number of rotatable bonds is 3. The second kappa shape index (κ2) is 4.42. The van der Waals surface area contributed by atoms with Crippen LogP contribution in [0.3, 0.4) is 0 Å². The van der Waals surface area contributed by atoms with E-state index in [4.69, 9.17) is 10.8 Å². The number of nitrogens with two attached hydrogens (primary N) is 1. The summed E-state index contributed by atoms with van der Waals surface area (Å²) in [4.78, 5) is 6.97. The molecular weight excluding hydrogens is 209 g/mol. The van der Waals surface area contributed by atoms with Gasteiger partial charge in [0.25, 0.3) is 0 Å². The van der Waals surface area contributed by atoms with Crippen LogP contribution in [0.1, 0.15) is 11.9 Å². The van der Waals surface area contributed by atoms with E-state index in [0.717, 1.165) is 0 Å². The summed E-state index contributed by atoms with van der Waals surface area (Å²) in [5.41, 5.74) is 6.97. The van der Waals surface area contributed by atoms with Crippen LogP contribution in [-0.2, 0) is 0 Å². The van der Waals surface area contributed by atoms with Gasteiger partial charge in [-0.05, 0) is 12.1 Å². The molecule has 4 nitrogen and oxygen atoms in total. The second-order valence-electron chi connectivity index (χ2n) is 3.48. The molecule has 0 saturated carbocycles. The number of nitrogens with one attached hydrogen (secondary N) is 1. The number of imidazole rings is 1. The van der Waals surface area contributed by atoms with Gasteiger partial charge in [-0.2, -0.15) is 0 Å². The molecule has 0 aliphatic carbocycles. The fourth-order valence-electron chi connectivity index (χ4n) is 1.41. The first-order valence-corrected chi connectivity index (χ1v) is 4.88. The Morgan fingerprint density at radius 2 is 2.31 bits per heavy atom. The lowest BCUT2D eigenvalue weighted by atomic mass is 10.2. The highest BCUT2D eigenvalue weighted by Gasteiger charge is 2.09. The van der Waals surface area contributed by atoms with E-state index in [9.17, 15) is 4.39 Å². The van der Waals surface area contributed by atoms with E-state index in [1.807, 2.05) is 0 Å². The third-order valence-electron chi connectivity index (χ3n) is 2.28. The lowest BCUT2D eigenvalue weighted by molar-refractivity contribution is 0.264. The summed E-state index contributed by atoms with van der Waals surface area (Å²) in [6, 6.07) is 5.63. The quantitative estimate of drug-likeness (QED) is 0.729. The van der Waals surface area contributed by atoms with Crippen molar-refractivity contribution in [2.75, 3.05) is 6.61 Å². The molecule has 0 fully saturated rings. The van der Waals surface area contributed by atoms with E-state index in [0.29, 0.717) is 17.1 Å². The molecule has 1 atom stereocenters. The molecule has 4 N–H and O–H groups in total. The number of hydrogen-bond donors (Lipinski definition) is 3. The summed E-state index contributed by atoms with van der Waals surface area (Å²) in [5.74, 6) is 0.182. The first-order valence-electron chi connectivity index (χ1n) is 4.88. The van der Waals surface area contributed by atoms with E-state index in [1.54, 1.807) is 18.3 Å². The molecule has 0 radical (unpaired) electrons. The Hall–Kier alpha value is -1.72. The van der Waals surface area contributed by atoms with Crippen LogP contribution >= 0.6 is 0 Å². The number of aromatic nitrogens is 2. The van der Waals surface area contributed by atoms with Gasteiger partial charge in [0.1, 0.15) is 11.6 Å². The zero-order valence-corrected chi connectivity index (χ0v) is 8.52. The third kappa shape index (κ3) is 2.10. The van der Waals surface area contributed by atoms with Crippen LogP contribution in [0.2, 0.25) is 0 Å². The minimum absolute atomic E-state index is 0.184. The fourth-order valence-corrected chi connectivity index (χ4v) is 1.41. The summed E-state index contributed by atoms with van der Waals surface area (Å²) in [6.45, 7) is -0.184. The summed E-state index contributed by atoms with van der Waals surface area (Å²) < 4.78 is 13.0. The Kier molecular flexibility index (Phi) is 2.98. The van der Waals surface area contributed by atoms with Gasteiger partial charge in [0.2, 0.25) is 0 Å². The first kappa shape index (κ1) is 10.8. The zero-order chi connectivity index (χ0) is 11.5. The van der Waals surface area contributed by atoms with Gasteiger partial charge in [0, 0.05) is 5.56 Å². The van der Waals surface area contributed by atoms with Crippen molar-refractivity contribution >= 4 is 0 Å². The molecule has 1 aromatic heterocycles. The molecule has 16 heavy (non-hydrogen) atoms. The SMILES string of the molecule is NC(CO)c1ncc(-c2cccc(F)c2)[nH]1. The number of benzene rings is 1. The average Bonchev–Trinajstić information content (AvgIpc) is 2.77. The van der Waals surface area contributed by atoms with Gasteiger partial charge in [0.15, 0.2) is 0 Å². The predicted molar refractivity (Wildman–Crippen MR) is 58.0 cm³/mol. The minimum Gasteiger partial charge on any atom is -0.394 e. The molecule has 2 rings (SSSR count). The van der Waals surface area contributed by atoms with Crippen LogP contribution < -0.4 is 5.73 Å². The summed E-state index contributed by atoms with van der Waals surface area (Å²) in [6.07, 6.45) is 1.57. The number of H-pyrrole nitrogens is 1. The number of halogens is 1. The van der Waals surface area contributed by atoms with Crippen molar-refractivity contribution in [3.8, 4) is 11.3 Å². The lowest BCUT2D eigenvalue weighted by Crippen LogP contribution is -2.15. The lowest BCUT2D eigenvalue weighted by Gasteiger charge is -2.03. The van der Waals surface area contributed by atoms with Crippen molar-refractivity contribution in [2.45, 2.75) is 6.04 Å². The number of hydrogen-bond acceptors (Lipinski definition) is 3. The molecule has 0 amide bonds. The van der Waals surface area contributed by atoms with Crippen molar-refractivity contribution in [1.82, 2.24) is 9.97 Å². The van der Waals surface area contributed by atoms with E-state index in [2.05, 4.69) is 9.97 Å². The molecule has 1 aromatic carbocycles. The zero-order valence-electron chi connectivity index (χ0n) is 8.52. The summed E-state index contributed by atoms with van der Waals surface area (Å²) >= 11 is 0. The van der Waals surface area contributed by atoms with Crippen LogP contribution in [0, 0.1) is 5.82 Å². The summed E-state index contributed by atoms with van der Waals surface area (Å²) in [5, 5.41) is 8.87. The topological polar surface area (TPSA) is 74.9 Å². The third-order valence-corrected chi connectivity index (χ3v) is 2.28. The maximum Gasteiger partial charge on any atom is 0.125 e. The van der Waals surface area contributed by atoms with Crippen molar-refractivity contribution in [3.63, 3.8) is 0 Å². The minimum atomic E-state index is -0.540. The number of aromatic amines is 1. The largest absolute Gasteiger partial charge is 0.394 e. The number of aliphatic hydroxyl groups is 1. The summed E-state index contributed by atoms with van der Waals surface area (Å²) in [7, 11) is 0. The first-order chi connectivity index (χ1) is 7.70. The number of nitrogens with zero attached hydrogens (tertiary/aromatic N) is 1. The van der Waals surface area contributed by atoms with Crippen molar-refractivity contribution < 1.29 is 9.50 Å². The Morgan fingerprint density at radius 3 is 3.00 bits per heavy atom. The maximum atomic E-state index is 13.0. The smallest absolute Gasteiger partial charge is 0.125 e. The van der Waals surface area contributed by atoms with Gasteiger partial charge in [-0.1, -0.05) is 12.1 Å².